The van der Waals surface area contributed by atoms with Crippen LogP contribution in [0, 0.1) is 11.3 Å². The van der Waals surface area contributed by atoms with E-state index in [2.05, 4.69) is 11.0 Å². The van der Waals surface area contributed by atoms with Gasteiger partial charge in [-0.2, -0.15) is 5.26 Å². The summed E-state index contributed by atoms with van der Waals surface area (Å²) in [5.74, 6) is 1.31. The van der Waals surface area contributed by atoms with Gasteiger partial charge in [-0.05, 0) is 17.7 Å². The zero-order chi connectivity index (χ0) is 19.1. The molecule has 0 N–H and O–H groups in total. The third-order valence-electron chi connectivity index (χ3n) is 4.69. The van der Waals surface area contributed by atoms with Crippen molar-refractivity contribution in [1.82, 2.24) is 9.80 Å². The summed E-state index contributed by atoms with van der Waals surface area (Å²) < 4.78 is 5.33. The Morgan fingerprint density at radius 1 is 1.11 bits per heavy atom. The second-order valence-corrected chi connectivity index (χ2v) is 7.32. The van der Waals surface area contributed by atoms with Crippen molar-refractivity contribution >= 4 is 17.7 Å². The maximum atomic E-state index is 12.6. The first-order valence-electron chi connectivity index (χ1n) is 8.95. The van der Waals surface area contributed by atoms with Crippen LogP contribution in [0.1, 0.15) is 11.6 Å². The van der Waals surface area contributed by atoms with E-state index >= 15 is 0 Å². The highest BCUT2D eigenvalue weighted by molar-refractivity contribution is 8.00. The first-order valence-corrected chi connectivity index (χ1v) is 9.93. The number of thioether (sulfide) groups is 1. The minimum atomic E-state index is -0.258. The summed E-state index contributed by atoms with van der Waals surface area (Å²) in [6, 6.07) is 19.7. The van der Waals surface area contributed by atoms with Gasteiger partial charge in [0.15, 0.2) is 0 Å². The molecule has 140 valence electrons. The van der Waals surface area contributed by atoms with Crippen LogP contribution in [0.4, 0.5) is 0 Å². The lowest BCUT2D eigenvalue weighted by Crippen LogP contribution is -2.50. The summed E-state index contributed by atoms with van der Waals surface area (Å²) in [5.41, 5.74) is 1.01. The predicted molar refractivity (Wildman–Crippen MR) is 107 cm³/mol. The minimum Gasteiger partial charge on any atom is -0.496 e. The maximum Gasteiger partial charge on any atom is 0.233 e. The normalized spacial score (nSPS) is 15.8. The van der Waals surface area contributed by atoms with E-state index in [1.165, 1.54) is 11.8 Å². The maximum absolute atomic E-state index is 12.6. The van der Waals surface area contributed by atoms with Crippen LogP contribution < -0.4 is 4.74 Å². The molecule has 3 rings (SSSR count). The van der Waals surface area contributed by atoms with Gasteiger partial charge in [-0.25, -0.2) is 0 Å². The van der Waals surface area contributed by atoms with E-state index in [0.29, 0.717) is 31.9 Å². The van der Waals surface area contributed by atoms with E-state index in [1.54, 1.807) is 7.11 Å². The second kappa shape index (κ2) is 9.45. The Bertz CT molecular complexity index is 799. The highest BCUT2D eigenvalue weighted by atomic mass is 32.2. The number of methoxy groups -OCH3 is 1. The molecule has 0 aromatic heterocycles. The van der Waals surface area contributed by atoms with E-state index in [-0.39, 0.29) is 11.9 Å². The fraction of sp³-hybridized carbons (Fsp3) is 0.333. The van der Waals surface area contributed by atoms with E-state index in [0.717, 1.165) is 16.2 Å². The van der Waals surface area contributed by atoms with Crippen LogP contribution in [0.5, 0.6) is 5.75 Å². The molecule has 1 aliphatic heterocycles. The Labute approximate surface area is 164 Å². The molecule has 5 nitrogen and oxygen atoms in total. The number of amides is 1. The molecule has 0 unspecified atom stereocenters. The van der Waals surface area contributed by atoms with Crippen LogP contribution >= 0.6 is 11.8 Å². The smallest absolute Gasteiger partial charge is 0.233 e. The van der Waals surface area contributed by atoms with E-state index < -0.39 is 0 Å². The van der Waals surface area contributed by atoms with Crippen molar-refractivity contribution in [2.45, 2.75) is 10.9 Å². The van der Waals surface area contributed by atoms with Gasteiger partial charge in [0.25, 0.3) is 0 Å². The number of hydrogen-bond donors (Lipinski definition) is 0. The fourth-order valence-electron chi connectivity index (χ4n) is 3.20. The van der Waals surface area contributed by atoms with Crippen molar-refractivity contribution in [2.75, 3.05) is 39.0 Å². The van der Waals surface area contributed by atoms with Gasteiger partial charge < -0.3 is 9.64 Å². The standard InChI is InChI=1S/C21H23N3O2S/c1-26-19-9-5-6-10-20(19)27-16-21(25)24-13-11-23(12-14-24)18(15-22)17-7-3-2-4-8-17/h2-10,18H,11-14,16H2,1H3/t18-/m1/s1. The Morgan fingerprint density at radius 2 is 1.78 bits per heavy atom. The molecule has 1 fully saturated rings. The highest BCUT2D eigenvalue weighted by Gasteiger charge is 2.27. The van der Waals surface area contributed by atoms with Crippen LogP contribution in [0.15, 0.2) is 59.5 Å². The Hall–Kier alpha value is -2.49. The molecule has 0 spiro atoms. The van der Waals surface area contributed by atoms with Crippen LogP contribution in [-0.4, -0.2) is 54.7 Å². The molecule has 2 aromatic rings. The fourth-order valence-corrected chi connectivity index (χ4v) is 4.13. The van der Waals surface area contributed by atoms with Gasteiger partial charge in [0.2, 0.25) is 5.91 Å². The number of nitrogens with zero attached hydrogens (tertiary/aromatic N) is 3. The number of rotatable bonds is 6. The van der Waals surface area contributed by atoms with Crippen molar-refractivity contribution in [1.29, 1.82) is 5.26 Å². The molecule has 27 heavy (non-hydrogen) atoms. The number of hydrogen-bond acceptors (Lipinski definition) is 5. The van der Waals surface area contributed by atoms with E-state index in [4.69, 9.17) is 4.74 Å². The SMILES string of the molecule is COc1ccccc1SCC(=O)N1CCN([C@H](C#N)c2ccccc2)CC1. The van der Waals surface area contributed by atoms with Crippen molar-refractivity contribution in [3.63, 3.8) is 0 Å². The largest absolute Gasteiger partial charge is 0.496 e. The third kappa shape index (κ3) is 4.82. The predicted octanol–water partition coefficient (Wildman–Crippen LogP) is 3.20. The first-order chi connectivity index (χ1) is 13.2. The molecule has 0 saturated carbocycles. The lowest BCUT2D eigenvalue weighted by atomic mass is 10.1. The highest BCUT2D eigenvalue weighted by Crippen LogP contribution is 2.29. The summed E-state index contributed by atoms with van der Waals surface area (Å²) in [7, 11) is 1.64. The summed E-state index contributed by atoms with van der Waals surface area (Å²) in [6.07, 6.45) is 0. The van der Waals surface area contributed by atoms with Crippen LogP contribution in [0.2, 0.25) is 0 Å². The second-order valence-electron chi connectivity index (χ2n) is 6.30. The number of para-hydroxylation sites is 1. The van der Waals surface area contributed by atoms with E-state index in [9.17, 15) is 10.1 Å². The van der Waals surface area contributed by atoms with Crippen LogP contribution in [-0.2, 0) is 4.79 Å². The van der Waals surface area contributed by atoms with Gasteiger partial charge in [0.05, 0.1) is 18.9 Å². The molecule has 0 radical (unpaired) electrons. The van der Waals surface area contributed by atoms with Crippen molar-refractivity contribution in [2.24, 2.45) is 0 Å². The van der Waals surface area contributed by atoms with Gasteiger partial charge in [-0.15, -0.1) is 11.8 Å². The topological polar surface area (TPSA) is 56.6 Å². The number of nitriles is 1. The van der Waals surface area contributed by atoms with Gasteiger partial charge in [0.1, 0.15) is 11.8 Å². The molecular weight excluding hydrogens is 358 g/mol. The number of carbonyl (C=O) groups is 1. The van der Waals surface area contributed by atoms with Gasteiger partial charge >= 0.3 is 0 Å². The van der Waals surface area contributed by atoms with Crippen LogP contribution in [0.25, 0.3) is 0 Å². The Morgan fingerprint density at radius 3 is 2.44 bits per heavy atom. The summed E-state index contributed by atoms with van der Waals surface area (Å²) in [6.45, 7) is 2.71. The molecule has 6 heteroatoms. The quantitative estimate of drug-likeness (QED) is 0.719. The first kappa shape index (κ1) is 19.3. The molecule has 2 aromatic carbocycles. The average molecular weight is 382 g/mol. The Balaban J connectivity index is 1.53. The lowest BCUT2D eigenvalue weighted by Gasteiger charge is -2.37. The van der Waals surface area contributed by atoms with Gasteiger partial charge in [0, 0.05) is 31.1 Å². The summed E-state index contributed by atoms with van der Waals surface area (Å²) in [4.78, 5) is 17.6. The third-order valence-corrected chi connectivity index (χ3v) is 5.73. The minimum absolute atomic E-state index is 0.124. The van der Waals surface area contributed by atoms with Crippen molar-refractivity contribution in [3.05, 3.63) is 60.2 Å². The molecule has 1 heterocycles. The molecular formula is C21H23N3O2S. The van der Waals surface area contributed by atoms with E-state index in [1.807, 2.05) is 59.5 Å². The molecule has 1 atom stereocenters. The van der Waals surface area contributed by atoms with Crippen molar-refractivity contribution < 1.29 is 9.53 Å². The number of carbonyl (C=O) groups excluding carboxylic acids is 1. The summed E-state index contributed by atoms with van der Waals surface area (Å²) >= 11 is 1.50. The molecule has 1 aliphatic rings. The average Bonchev–Trinajstić information content (AvgIpc) is 2.74. The van der Waals surface area contributed by atoms with Crippen molar-refractivity contribution in [3.8, 4) is 11.8 Å². The number of piperazine rings is 1. The molecule has 0 bridgehead atoms. The monoisotopic (exact) mass is 381 g/mol. The van der Waals surface area contributed by atoms with Crippen LogP contribution in [0.3, 0.4) is 0 Å². The molecule has 1 saturated heterocycles. The van der Waals surface area contributed by atoms with Gasteiger partial charge in [-0.3, -0.25) is 9.69 Å². The number of benzene rings is 2. The lowest BCUT2D eigenvalue weighted by molar-refractivity contribution is -0.130. The zero-order valence-electron chi connectivity index (χ0n) is 15.4. The number of ether oxygens (including phenoxy) is 1. The molecule has 0 aliphatic carbocycles. The van der Waals surface area contributed by atoms with Gasteiger partial charge in [-0.1, -0.05) is 42.5 Å². The molecule has 1 amide bonds. The summed E-state index contributed by atoms with van der Waals surface area (Å²) in [5, 5.41) is 9.58. The Kier molecular flexibility index (Phi) is 6.74. The zero-order valence-corrected chi connectivity index (χ0v) is 16.2.